The fourth-order valence-electron chi connectivity index (χ4n) is 1.27. The van der Waals surface area contributed by atoms with Gasteiger partial charge in [0.25, 0.3) is 0 Å². The average molecular weight is 339 g/mol. The third kappa shape index (κ3) is 3.29. The molecule has 0 aliphatic carbocycles. The summed E-state index contributed by atoms with van der Waals surface area (Å²) in [6.45, 7) is 0. The van der Waals surface area contributed by atoms with E-state index >= 15 is 0 Å². The number of benzene rings is 1. The van der Waals surface area contributed by atoms with Gasteiger partial charge in [0.15, 0.2) is 0 Å². The molecular formula is C13H9Br2N. The standard InChI is InChI=1S/C13H9Br2N/c14-11-7-4-10(5-8-11)6-9-12-2-1-3-13(15)16-12/h1-9H/b9-6+. The molecule has 1 nitrogen and oxygen atoms in total. The zero-order valence-electron chi connectivity index (χ0n) is 8.40. The molecule has 2 aromatic rings. The van der Waals surface area contributed by atoms with Gasteiger partial charge < -0.3 is 0 Å². The quantitative estimate of drug-likeness (QED) is 0.718. The van der Waals surface area contributed by atoms with Crippen LogP contribution in [0.3, 0.4) is 0 Å². The maximum absolute atomic E-state index is 4.33. The predicted octanol–water partition coefficient (Wildman–Crippen LogP) is 4.78. The normalized spacial score (nSPS) is 10.9. The van der Waals surface area contributed by atoms with E-state index in [9.17, 15) is 0 Å². The highest BCUT2D eigenvalue weighted by molar-refractivity contribution is 9.10. The summed E-state index contributed by atoms with van der Waals surface area (Å²) in [6, 6.07) is 14.0. The molecule has 0 amide bonds. The van der Waals surface area contributed by atoms with Crippen LogP contribution in [0.5, 0.6) is 0 Å². The van der Waals surface area contributed by atoms with Crippen molar-refractivity contribution in [1.29, 1.82) is 0 Å². The van der Waals surface area contributed by atoms with Crippen LogP contribution >= 0.6 is 31.9 Å². The molecule has 0 aliphatic rings. The summed E-state index contributed by atoms with van der Waals surface area (Å²) < 4.78 is 1.94. The van der Waals surface area contributed by atoms with Gasteiger partial charge >= 0.3 is 0 Å². The Morgan fingerprint density at radius 3 is 2.31 bits per heavy atom. The van der Waals surface area contributed by atoms with Crippen LogP contribution in [0, 0.1) is 0 Å². The number of hydrogen-bond donors (Lipinski definition) is 0. The molecule has 0 saturated carbocycles. The number of hydrogen-bond acceptors (Lipinski definition) is 1. The molecule has 3 heteroatoms. The van der Waals surface area contributed by atoms with Crippen molar-refractivity contribution in [1.82, 2.24) is 4.98 Å². The van der Waals surface area contributed by atoms with Gasteiger partial charge in [-0.15, -0.1) is 0 Å². The molecule has 0 aliphatic heterocycles. The second-order valence-electron chi connectivity index (χ2n) is 3.27. The summed E-state index contributed by atoms with van der Waals surface area (Å²) in [7, 11) is 0. The van der Waals surface area contributed by atoms with E-state index in [1.165, 1.54) is 0 Å². The number of rotatable bonds is 2. The maximum Gasteiger partial charge on any atom is 0.106 e. The Bertz CT molecular complexity index is 504. The van der Waals surface area contributed by atoms with Crippen molar-refractivity contribution in [2.24, 2.45) is 0 Å². The first-order valence-corrected chi connectivity index (χ1v) is 6.39. The number of nitrogens with zero attached hydrogens (tertiary/aromatic N) is 1. The monoisotopic (exact) mass is 337 g/mol. The summed E-state index contributed by atoms with van der Waals surface area (Å²) in [5.41, 5.74) is 2.10. The molecule has 0 N–H and O–H groups in total. The Balaban J connectivity index is 2.18. The van der Waals surface area contributed by atoms with E-state index in [4.69, 9.17) is 0 Å². The molecule has 0 radical (unpaired) electrons. The van der Waals surface area contributed by atoms with Gasteiger partial charge in [-0.2, -0.15) is 0 Å². The van der Waals surface area contributed by atoms with E-state index < -0.39 is 0 Å². The molecule has 0 fully saturated rings. The molecule has 0 atom stereocenters. The van der Waals surface area contributed by atoms with Gasteiger partial charge in [-0.1, -0.05) is 40.2 Å². The molecule has 0 spiro atoms. The molecule has 1 aromatic carbocycles. The zero-order valence-corrected chi connectivity index (χ0v) is 11.6. The predicted molar refractivity (Wildman–Crippen MR) is 75.0 cm³/mol. The lowest BCUT2D eigenvalue weighted by atomic mass is 10.2. The third-order valence-corrected chi connectivity index (χ3v) is 3.02. The first-order valence-electron chi connectivity index (χ1n) is 4.80. The van der Waals surface area contributed by atoms with Crippen LogP contribution in [0.15, 0.2) is 51.5 Å². The number of aromatic nitrogens is 1. The Morgan fingerprint density at radius 2 is 1.62 bits per heavy atom. The van der Waals surface area contributed by atoms with E-state index in [2.05, 4.69) is 49.0 Å². The van der Waals surface area contributed by atoms with Crippen LogP contribution in [0.1, 0.15) is 11.3 Å². The van der Waals surface area contributed by atoms with Crippen LogP contribution in [0.25, 0.3) is 12.2 Å². The Labute approximate surface area is 111 Å². The summed E-state index contributed by atoms with van der Waals surface area (Å²) in [5, 5.41) is 0. The Kier molecular flexibility index (Phi) is 3.91. The molecular weight excluding hydrogens is 330 g/mol. The molecule has 2 rings (SSSR count). The summed E-state index contributed by atoms with van der Waals surface area (Å²) in [5.74, 6) is 0. The van der Waals surface area contributed by atoms with Crippen LogP contribution in [0.4, 0.5) is 0 Å². The summed E-state index contributed by atoms with van der Waals surface area (Å²) in [6.07, 6.45) is 4.04. The second-order valence-corrected chi connectivity index (χ2v) is 5.00. The molecule has 0 bridgehead atoms. The minimum absolute atomic E-state index is 0.852. The SMILES string of the molecule is Brc1ccc(/C=C/c2cccc(Br)n2)cc1. The van der Waals surface area contributed by atoms with E-state index in [0.29, 0.717) is 0 Å². The van der Waals surface area contributed by atoms with Crippen molar-refractivity contribution >= 4 is 44.0 Å². The van der Waals surface area contributed by atoms with E-state index in [1.54, 1.807) is 0 Å². The summed E-state index contributed by atoms with van der Waals surface area (Å²) >= 11 is 6.76. The molecule has 16 heavy (non-hydrogen) atoms. The van der Waals surface area contributed by atoms with Crippen molar-refractivity contribution in [2.45, 2.75) is 0 Å². The molecule has 1 aromatic heterocycles. The van der Waals surface area contributed by atoms with Crippen molar-refractivity contribution in [3.05, 3.63) is 62.8 Å². The number of halogens is 2. The first kappa shape index (κ1) is 11.6. The van der Waals surface area contributed by atoms with Crippen molar-refractivity contribution in [2.75, 3.05) is 0 Å². The molecule has 0 unspecified atom stereocenters. The van der Waals surface area contributed by atoms with Gasteiger partial charge in [0, 0.05) is 4.47 Å². The van der Waals surface area contributed by atoms with Crippen molar-refractivity contribution < 1.29 is 0 Å². The van der Waals surface area contributed by atoms with Gasteiger partial charge in [0.1, 0.15) is 4.60 Å². The molecule has 80 valence electrons. The van der Waals surface area contributed by atoms with Crippen molar-refractivity contribution in [3.63, 3.8) is 0 Å². The zero-order chi connectivity index (χ0) is 11.4. The van der Waals surface area contributed by atoms with Gasteiger partial charge in [-0.25, -0.2) is 4.98 Å². The number of pyridine rings is 1. The van der Waals surface area contributed by atoms with E-state index in [1.807, 2.05) is 42.5 Å². The lowest BCUT2D eigenvalue weighted by Gasteiger charge is -1.95. The third-order valence-electron chi connectivity index (χ3n) is 2.05. The highest BCUT2D eigenvalue weighted by atomic mass is 79.9. The Hall–Kier alpha value is -0.930. The van der Waals surface area contributed by atoms with Gasteiger partial charge in [0.05, 0.1) is 5.69 Å². The van der Waals surface area contributed by atoms with E-state index in [0.717, 1.165) is 20.3 Å². The topological polar surface area (TPSA) is 12.9 Å². The smallest absolute Gasteiger partial charge is 0.106 e. The van der Waals surface area contributed by atoms with Gasteiger partial charge in [-0.05, 0) is 51.8 Å². The first-order chi connectivity index (χ1) is 7.74. The maximum atomic E-state index is 4.33. The lowest BCUT2D eigenvalue weighted by Crippen LogP contribution is -1.79. The van der Waals surface area contributed by atoms with Gasteiger partial charge in [-0.3, -0.25) is 0 Å². The van der Waals surface area contributed by atoms with E-state index in [-0.39, 0.29) is 0 Å². The largest absolute Gasteiger partial charge is 0.242 e. The minimum atomic E-state index is 0.852. The molecule has 1 heterocycles. The lowest BCUT2D eigenvalue weighted by molar-refractivity contribution is 1.25. The fourth-order valence-corrected chi connectivity index (χ4v) is 1.89. The van der Waals surface area contributed by atoms with Crippen LogP contribution in [0.2, 0.25) is 0 Å². The fraction of sp³-hybridized carbons (Fsp3) is 0. The van der Waals surface area contributed by atoms with Gasteiger partial charge in [0.2, 0.25) is 0 Å². The van der Waals surface area contributed by atoms with Crippen LogP contribution in [-0.2, 0) is 0 Å². The summed E-state index contributed by atoms with van der Waals surface area (Å²) in [4.78, 5) is 4.33. The highest BCUT2D eigenvalue weighted by Crippen LogP contribution is 2.13. The van der Waals surface area contributed by atoms with Crippen LogP contribution < -0.4 is 0 Å². The van der Waals surface area contributed by atoms with Crippen LogP contribution in [-0.4, -0.2) is 4.98 Å². The Morgan fingerprint density at radius 1 is 0.875 bits per heavy atom. The average Bonchev–Trinajstić information content (AvgIpc) is 2.28. The minimum Gasteiger partial charge on any atom is -0.242 e. The second kappa shape index (κ2) is 5.41. The van der Waals surface area contributed by atoms with Crippen molar-refractivity contribution in [3.8, 4) is 0 Å². The highest BCUT2D eigenvalue weighted by Gasteiger charge is 1.91. The molecule has 0 saturated heterocycles.